The number of esters is 1. The SMILES string of the molecule is CCOC(=O)COCCNC(C)C(N)=O. The summed E-state index contributed by atoms with van der Waals surface area (Å²) in [7, 11) is 0. The summed E-state index contributed by atoms with van der Waals surface area (Å²) in [5.74, 6) is -0.805. The fourth-order valence-corrected chi connectivity index (χ4v) is 0.806. The molecule has 0 radical (unpaired) electrons. The molecular formula is C9H18N2O4. The Morgan fingerprint density at radius 3 is 2.67 bits per heavy atom. The van der Waals surface area contributed by atoms with E-state index in [2.05, 4.69) is 10.1 Å². The zero-order valence-electron chi connectivity index (χ0n) is 9.12. The lowest BCUT2D eigenvalue weighted by Gasteiger charge is -2.09. The van der Waals surface area contributed by atoms with Crippen LogP contribution in [0.3, 0.4) is 0 Å². The van der Waals surface area contributed by atoms with E-state index in [1.165, 1.54) is 0 Å². The summed E-state index contributed by atoms with van der Waals surface area (Å²) in [5, 5.41) is 2.84. The Morgan fingerprint density at radius 2 is 2.13 bits per heavy atom. The van der Waals surface area contributed by atoms with E-state index in [4.69, 9.17) is 10.5 Å². The van der Waals surface area contributed by atoms with Gasteiger partial charge in [-0.2, -0.15) is 0 Å². The first kappa shape index (κ1) is 13.9. The highest BCUT2D eigenvalue weighted by atomic mass is 16.6. The first-order valence-electron chi connectivity index (χ1n) is 4.84. The van der Waals surface area contributed by atoms with Gasteiger partial charge in [-0.3, -0.25) is 4.79 Å². The minimum Gasteiger partial charge on any atom is -0.464 e. The topological polar surface area (TPSA) is 90.7 Å². The number of ether oxygens (including phenoxy) is 2. The highest BCUT2D eigenvalue weighted by molar-refractivity contribution is 5.79. The van der Waals surface area contributed by atoms with E-state index in [-0.39, 0.29) is 12.6 Å². The summed E-state index contributed by atoms with van der Waals surface area (Å²) < 4.78 is 9.64. The van der Waals surface area contributed by atoms with Gasteiger partial charge < -0.3 is 20.5 Å². The van der Waals surface area contributed by atoms with Gasteiger partial charge in [0.15, 0.2) is 0 Å². The molecule has 0 spiro atoms. The summed E-state index contributed by atoms with van der Waals surface area (Å²) in [6.45, 7) is 4.46. The number of primary amides is 1. The summed E-state index contributed by atoms with van der Waals surface area (Å²) in [6.07, 6.45) is 0. The van der Waals surface area contributed by atoms with Crippen LogP contribution >= 0.6 is 0 Å². The van der Waals surface area contributed by atoms with E-state index in [0.717, 1.165) is 0 Å². The molecule has 0 aliphatic heterocycles. The molecule has 0 saturated carbocycles. The van der Waals surface area contributed by atoms with Crippen molar-refractivity contribution in [2.75, 3.05) is 26.4 Å². The number of nitrogens with one attached hydrogen (secondary N) is 1. The van der Waals surface area contributed by atoms with Crippen LogP contribution in [0.1, 0.15) is 13.8 Å². The van der Waals surface area contributed by atoms with Crippen molar-refractivity contribution in [2.24, 2.45) is 5.73 Å². The smallest absolute Gasteiger partial charge is 0.332 e. The van der Waals surface area contributed by atoms with Gasteiger partial charge in [0, 0.05) is 6.54 Å². The van der Waals surface area contributed by atoms with Gasteiger partial charge in [-0.05, 0) is 13.8 Å². The molecule has 15 heavy (non-hydrogen) atoms. The van der Waals surface area contributed by atoms with E-state index >= 15 is 0 Å². The van der Waals surface area contributed by atoms with E-state index in [9.17, 15) is 9.59 Å². The molecule has 88 valence electrons. The molecule has 1 unspecified atom stereocenters. The monoisotopic (exact) mass is 218 g/mol. The van der Waals surface area contributed by atoms with Crippen molar-refractivity contribution in [3.8, 4) is 0 Å². The summed E-state index contributed by atoms with van der Waals surface area (Å²) >= 11 is 0. The molecule has 0 aromatic heterocycles. The van der Waals surface area contributed by atoms with Crippen molar-refractivity contribution >= 4 is 11.9 Å². The molecule has 1 atom stereocenters. The molecule has 6 heteroatoms. The third-order valence-electron chi connectivity index (χ3n) is 1.65. The number of nitrogens with two attached hydrogens (primary N) is 1. The molecule has 0 fully saturated rings. The zero-order valence-corrected chi connectivity index (χ0v) is 9.12. The van der Waals surface area contributed by atoms with Crippen LogP contribution in [-0.2, 0) is 19.1 Å². The molecular weight excluding hydrogens is 200 g/mol. The Bertz CT molecular complexity index is 208. The predicted molar refractivity (Wildman–Crippen MR) is 54.1 cm³/mol. The second kappa shape index (κ2) is 8.19. The van der Waals surface area contributed by atoms with Crippen LogP contribution in [0, 0.1) is 0 Å². The minimum atomic E-state index is -0.416. The molecule has 0 aromatic rings. The number of hydrogen-bond donors (Lipinski definition) is 2. The Balaban J connectivity index is 3.32. The molecule has 6 nitrogen and oxygen atoms in total. The van der Waals surface area contributed by atoms with Crippen LogP contribution in [0.2, 0.25) is 0 Å². The Hall–Kier alpha value is -1.14. The molecule has 0 aromatic carbocycles. The first-order valence-corrected chi connectivity index (χ1v) is 4.84. The predicted octanol–water partition coefficient (Wildman–Crippen LogP) is -0.970. The maximum Gasteiger partial charge on any atom is 0.332 e. The molecule has 0 aliphatic rings. The van der Waals surface area contributed by atoms with Crippen molar-refractivity contribution < 1.29 is 19.1 Å². The van der Waals surface area contributed by atoms with Gasteiger partial charge in [0.25, 0.3) is 0 Å². The first-order chi connectivity index (χ1) is 7.07. The third kappa shape index (κ3) is 7.90. The molecule has 0 bridgehead atoms. The van der Waals surface area contributed by atoms with Crippen molar-refractivity contribution in [1.82, 2.24) is 5.32 Å². The summed E-state index contributed by atoms with van der Waals surface area (Å²) in [5.41, 5.74) is 5.02. The van der Waals surface area contributed by atoms with Crippen LogP contribution in [0.25, 0.3) is 0 Å². The summed E-state index contributed by atoms with van der Waals surface area (Å²) in [4.78, 5) is 21.4. The molecule has 0 aliphatic carbocycles. The molecule has 3 N–H and O–H groups in total. The third-order valence-corrected chi connectivity index (χ3v) is 1.65. The lowest BCUT2D eigenvalue weighted by Crippen LogP contribution is -2.40. The average molecular weight is 218 g/mol. The highest BCUT2D eigenvalue weighted by Gasteiger charge is 2.06. The van der Waals surface area contributed by atoms with Crippen molar-refractivity contribution in [1.29, 1.82) is 0 Å². The number of rotatable bonds is 8. The molecule has 0 saturated heterocycles. The Labute approximate surface area is 89.1 Å². The largest absolute Gasteiger partial charge is 0.464 e. The zero-order chi connectivity index (χ0) is 11.7. The molecule has 0 heterocycles. The number of hydrogen-bond acceptors (Lipinski definition) is 5. The van der Waals surface area contributed by atoms with Gasteiger partial charge >= 0.3 is 5.97 Å². The van der Waals surface area contributed by atoms with Gasteiger partial charge in [-0.1, -0.05) is 0 Å². The van der Waals surface area contributed by atoms with Crippen molar-refractivity contribution in [3.05, 3.63) is 0 Å². The van der Waals surface area contributed by atoms with Crippen LogP contribution in [0.5, 0.6) is 0 Å². The fourth-order valence-electron chi connectivity index (χ4n) is 0.806. The maximum absolute atomic E-state index is 10.8. The Morgan fingerprint density at radius 1 is 1.47 bits per heavy atom. The Kier molecular flexibility index (Phi) is 7.57. The van der Waals surface area contributed by atoms with Crippen LogP contribution in [0.15, 0.2) is 0 Å². The number of carbonyl (C=O) groups excluding carboxylic acids is 2. The minimum absolute atomic E-state index is 0.0690. The maximum atomic E-state index is 10.8. The van der Waals surface area contributed by atoms with Gasteiger partial charge in [-0.25, -0.2) is 4.79 Å². The van der Waals surface area contributed by atoms with Crippen molar-refractivity contribution in [3.63, 3.8) is 0 Å². The lowest BCUT2D eigenvalue weighted by atomic mass is 10.3. The van der Waals surface area contributed by atoms with Gasteiger partial charge in [0.1, 0.15) is 6.61 Å². The van der Waals surface area contributed by atoms with E-state index in [1.54, 1.807) is 13.8 Å². The summed E-state index contributed by atoms with van der Waals surface area (Å²) in [6, 6.07) is -0.392. The van der Waals surface area contributed by atoms with Gasteiger partial charge in [0.05, 0.1) is 19.3 Å². The van der Waals surface area contributed by atoms with E-state index < -0.39 is 11.9 Å². The van der Waals surface area contributed by atoms with E-state index in [0.29, 0.717) is 19.8 Å². The van der Waals surface area contributed by atoms with Crippen molar-refractivity contribution in [2.45, 2.75) is 19.9 Å². The standard InChI is InChI=1S/C9H18N2O4/c1-3-15-8(12)6-14-5-4-11-7(2)9(10)13/h7,11H,3-6H2,1-2H3,(H2,10,13). The highest BCUT2D eigenvalue weighted by Crippen LogP contribution is 1.82. The fraction of sp³-hybridized carbons (Fsp3) is 0.778. The lowest BCUT2D eigenvalue weighted by molar-refractivity contribution is -0.148. The van der Waals surface area contributed by atoms with Crippen LogP contribution < -0.4 is 11.1 Å². The second-order valence-corrected chi connectivity index (χ2v) is 2.94. The second-order valence-electron chi connectivity index (χ2n) is 2.94. The number of carbonyl (C=O) groups is 2. The average Bonchev–Trinajstić information content (AvgIpc) is 2.17. The van der Waals surface area contributed by atoms with Crippen LogP contribution in [0.4, 0.5) is 0 Å². The quantitative estimate of drug-likeness (QED) is 0.404. The van der Waals surface area contributed by atoms with Gasteiger partial charge in [-0.15, -0.1) is 0 Å². The number of amides is 1. The van der Waals surface area contributed by atoms with Crippen LogP contribution in [-0.4, -0.2) is 44.3 Å². The van der Waals surface area contributed by atoms with E-state index in [1.807, 2.05) is 0 Å². The van der Waals surface area contributed by atoms with Gasteiger partial charge in [0.2, 0.25) is 5.91 Å². The molecule has 1 amide bonds. The normalized spacial score (nSPS) is 12.1. The molecule has 0 rings (SSSR count).